The Morgan fingerprint density at radius 2 is 1.96 bits per heavy atom. The summed E-state index contributed by atoms with van der Waals surface area (Å²) in [7, 11) is 3.25. The van der Waals surface area contributed by atoms with Crippen molar-refractivity contribution < 1.29 is 19.4 Å². The van der Waals surface area contributed by atoms with Crippen LogP contribution in [0.1, 0.15) is 28.8 Å². The first-order valence-corrected chi connectivity index (χ1v) is 8.44. The molecule has 7 heteroatoms. The summed E-state index contributed by atoms with van der Waals surface area (Å²) in [6.45, 7) is 6.90. The number of hydrogen-bond acceptors (Lipinski definition) is 5. The third-order valence-corrected chi connectivity index (χ3v) is 3.50. The van der Waals surface area contributed by atoms with Gasteiger partial charge in [-0.05, 0) is 38.4 Å². The zero-order valence-electron chi connectivity index (χ0n) is 15.9. The minimum Gasteiger partial charge on any atom is -0.395 e. The highest BCUT2D eigenvalue weighted by molar-refractivity contribution is 6.03. The molecule has 3 amide bonds. The van der Waals surface area contributed by atoms with Gasteiger partial charge in [-0.1, -0.05) is 23.8 Å². The zero-order chi connectivity index (χ0) is 19.9. The molecule has 7 nitrogen and oxygen atoms in total. The lowest BCUT2D eigenvalue weighted by Gasteiger charge is -2.16. The number of rotatable bonds is 4. The topological polar surface area (TPSA) is 105 Å². The number of benzene rings is 1. The van der Waals surface area contributed by atoms with Gasteiger partial charge in [0.25, 0.3) is 5.91 Å². The number of methoxy groups -OCH3 is 1. The highest BCUT2D eigenvalue weighted by Gasteiger charge is 2.18. The standard InChI is InChI=1S/C12H14N2O2.C5H11NO.C2H6O/c1-3-8-14(12(13)16)11(15)10-6-4-9(2)5-7-10;7-4-5-2-1-3-6-5;1-3-2/h3-7H,1,8H2,2H3,(H2,13,16);5-7H,1-4H2;1-2H3. The number of aliphatic hydroxyl groups excluding tert-OH is 1. The Kier molecular flexibility index (Phi) is 12.8. The van der Waals surface area contributed by atoms with Gasteiger partial charge in [-0.25, -0.2) is 4.79 Å². The van der Waals surface area contributed by atoms with E-state index in [-0.39, 0.29) is 6.54 Å². The fourth-order valence-corrected chi connectivity index (χ4v) is 2.17. The van der Waals surface area contributed by atoms with Gasteiger partial charge in [-0.2, -0.15) is 0 Å². The van der Waals surface area contributed by atoms with E-state index in [0.29, 0.717) is 18.2 Å². The predicted molar refractivity (Wildman–Crippen MR) is 103 cm³/mol. The van der Waals surface area contributed by atoms with Crippen molar-refractivity contribution in [3.05, 3.63) is 48.0 Å². The number of nitrogens with zero attached hydrogens (tertiary/aromatic N) is 1. The number of urea groups is 1. The van der Waals surface area contributed by atoms with Crippen molar-refractivity contribution in [1.82, 2.24) is 10.2 Å². The second-order valence-corrected chi connectivity index (χ2v) is 5.79. The minimum atomic E-state index is -0.773. The van der Waals surface area contributed by atoms with Gasteiger partial charge in [0.15, 0.2) is 0 Å². The first-order valence-electron chi connectivity index (χ1n) is 8.44. The predicted octanol–water partition coefficient (Wildman–Crippen LogP) is 1.70. The quantitative estimate of drug-likeness (QED) is 0.704. The summed E-state index contributed by atoms with van der Waals surface area (Å²) in [5.74, 6) is -0.410. The van der Waals surface area contributed by atoms with Crippen LogP contribution in [0.25, 0.3) is 0 Å². The molecular formula is C19H31N3O4. The van der Waals surface area contributed by atoms with Gasteiger partial charge in [-0.3, -0.25) is 9.69 Å². The maximum Gasteiger partial charge on any atom is 0.322 e. The number of ether oxygens (including phenoxy) is 1. The number of aliphatic hydroxyl groups is 1. The molecule has 0 saturated carbocycles. The number of carbonyl (C=O) groups excluding carboxylic acids is 2. The van der Waals surface area contributed by atoms with Gasteiger partial charge in [0.1, 0.15) is 0 Å². The second kappa shape index (κ2) is 14.0. The molecule has 0 spiro atoms. The van der Waals surface area contributed by atoms with E-state index in [2.05, 4.69) is 16.6 Å². The van der Waals surface area contributed by atoms with Crippen molar-refractivity contribution in [1.29, 1.82) is 0 Å². The molecule has 0 aliphatic carbocycles. The molecule has 1 unspecified atom stereocenters. The molecule has 1 fully saturated rings. The van der Waals surface area contributed by atoms with Crippen molar-refractivity contribution in [3.8, 4) is 0 Å². The van der Waals surface area contributed by atoms with Crippen molar-refractivity contribution in [3.63, 3.8) is 0 Å². The van der Waals surface area contributed by atoms with Crippen LogP contribution in [0.3, 0.4) is 0 Å². The van der Waals surface area contributed by atoms with E-state index >= 15 is 0 Å². The van der Waals surface area contributed by atoms with E-state index in [1.165, 1.54) is 12.5 Å². The van der Waals surface area contributed by atoms with Crippen LogP contribution in [-0.4, -0.2) is 61.9 Å². The number of imide groups is 1. The molecule has 26 heavy (non-hydrogen) atoms. The average Bonchev–Trinajstić information content (AvgIpc) is 3.14. The van der Waals surface area contributed by atoms with Crippen LogP contribution in [-0.2, 0) is 4.74 Å². The SMILES string of the molecule is C=CCN(C(N)=O)C(=O)c1ccc(C)cc1.COC.OCC1CCCN1. The van der Waals surface area contributed by atoms with Crippen LogP contribution in [0.4, 0.5) is 4.79 Å². The van der Waals surface area contributed by atoms with E-state index in [1.54, 1.807) is 38.5 Å². The van der Waals surface area contributed by atoms with Crippen LogP contribution < -0.4 is 11.1 Å². The zero-order valence-corrected chi connectivity index (χ0v) is 15.9. The number of amides is 3. The Balaban J connectivity index is 0.000000514. The fraction of sp³-hybridized carbons (Fsp3) is 0.474. The summed E-state index contributed by atoms with van der Waals surface area (Å²) in [4.78, 5) is 23.9. The maximum atomic E-state index is 11.9. The highest BCUT2D eigenvalue weighted by atomic mass is 16.4. The van der Waals surface area contributed by atoms with Gasteiger partial charge in [-0.15, -0.1) is 6.58 Å². The van der Waals surface area contributed by atoms with E-state index < -0.39 is 11.9 Å². The lowest BCUT2D eigenvalue weighted by atomic mass is 10.1. The molecular weight excluding hydrogens is 334 g/mol. The van der Waals surface area contributed by atoms with Crippen molar-refractivity contribution in [2.24, 2.45) is 5.73 Å². The van der Waals surface area contributed by atoms with Crippen LogP contribution in [0.15, 0.2) is 36.9 Å². The summed E-state index contributed by atoms with van der Waals surface area (Å²) in [5, 5.41) is 11.7. The van der Waals surface area contributed by atoms with Crippen LogP contribution in [0, 0.1) is 6.92 Å². The average molecular weight is 365 g/mol. The van der Waals surface area contributed by atoms with E-state index in [4.69, 9.17) is 10.8 Å². The molecule has 1 atom stereocenters. The lowest BCUT2D eigenvalue weighted by Crippen LogP contribution is -2.40. The molecule has 2 rings (SSSR count). The summed E-state index contributed by atoms with van der Waals surface area (Å²) in [5.41, 5.74) is 6.59. The molecule has 1 aromatic rings. The van der Waals surface area contributed by atoms with Crippen LogP contribution in [0.5, 0.6) is 0 Å². The first kappa shape index (κ1) is 23.8. The third-order valence-electron chi connectivity index (χ3n) is 3.50. The first-order chi connectivity index (χ1) is 12.4. The number of nitrogens with one attached hydrogen (secondary N) is 1. The summed E-state index contributed by atoms with van der Waals surface area (Å²) < 4.78 is 4.25. The molecule has 0 radical (unpaired) electrons. The van der Waals surface area contributed by atoms with E-state index in [9.17, 15) is 9.59 Å². The monoisotopic (exact) mass is 365 g/mol. The van der Waals surface area contributed by atoms with Crippen LogP contribution >= 0.6 is 0 Å². The molecule has 1 heterocycles. The molecule has 1 saturated heterocycles. The molecule has 0 bridgehead atoms. The van der Waals surface area contributed by atoms with Gasteiger partial charge in [0, 0.05) is 32.4 Å². The molecule has 146 valence electrons. The summed E-state index contributed by atoms with van der Waals surface area (Å²) >= 11 is 0. The van der Waals surface area contributed by atoms with Crippen LogP contribution in [0.2, 0.25) is 0 Å². The third kappa shape index (κ3) is 9.31. The molecule has 1 aliphatic rings. The largest absolute Gasteiger partial charge is 0.395 e. The number of aryl methyl sites for hydroxylation is 1. The minimum absolute atomic E-state index is 0.113. The van der Waals surface area contributed by atoms with E-state index in [0.717, 1.165) is 23.4 Å². The Bertz CT molecular complexity index is 540. The van der Waals surface area contributed by atoms with Gasteiger partial charge in [0.05, 0.1) is 6.61 Å². The smallest absolute Gasteiger partial charge is 0.322 e. The Morgan fingerprint density at radius 1 is 1.38 bits per heavy atom. The summed E-state index contributed by atoms with van der Waals surface area (Å²) in [6, 6.07) is 6.57. The normalized spacial score (nSPS) is 15.0. The van der Waals surface area contributed by atoms with Gasteiger partial charge >= 0.3 is 6.03 Å². The number of hydrogen-bond donors (Lipinski definition) is 3. The van der Waals surface area contributed by atoms with E-state index in [1.807, 2.05) is 6.92 Å². The Morgan fingerprint density at radius 3 is 2.31 bits per heavy atom. The van der Waals surface area contributed by atoms with Crippen molar-refractivity contribution >= 4 is 11.9 Å². The Labute approximate surface area is 155 Å². The fourth-order valence-electron chi connectivity index (χ4n) is 2.17. The highest BCUT2D eigenvalue weighted by Crippen LogP contribution is 2.07. The molecule has 0 aromatic heterocycles. The molecule has 1 aromatic carbocycles. The van der Waals surface area contributed by atoms with Crippen molar-refractivity contribution in [2.75, 3.05) is 33.9 Å². The molecule has 4 N–H and O–H groups in total. The second-order valence-electron chi connectivity index (χ2n) is 5.79. The number of carbonyl (C=O) groups is 2. The maximum absolute atomic E-state index is 11.9. The van der Waals surface area contributed by atoms with Gasteiger partial charge in [0.2, 0.25) is 0 Å². The lowest BCUT2D eigenvalue weighted by molar-refractivity contribution is 0.0822. The van der Waals surface area contributed by atoms with Gasteiger partial charge < -0.3 is 20.9 Å². The molecule has 1 aliphatic heterocycles. The number of nitrogens with two attached hydrogens (primary N) is 1. The summed E-state index contributed by atoms with van der Waals surface area (Å²) in [6.07, 6.45) is 3.83. The number of primary amides is 1. The Hall–Kier alpha value is -2.22. The van der Waals surface area contributed by atoms with Crippen molar-refractivity contribution in [2.45, 2.75) is 25.8 Å².